The standard InChI is InChI=1S/C19H20N2O4.C2H6N2O/c1-22-16-6-5-12(8-15(16)21)7-14(11-20)13-9-17(23-2)19(25-4)18(10-13)24-3;3-1-2(4)5/h5-10H,21H2,1-4H3;1,3H2,(H2,4,5). The first-order valence-corrected chi connectivity index (χ1v) is 8.69. The van der Waals surface area contributed by atoms with Crippen LogP contribution in [0.25, 0.3) is 11.6 Å². The Balaban J connectivity index is 0.000000804. The molecule has 0 saturated heterocycles. The van der Waals surface area contributed by atoms with E-state index < -0.39 is 5.91 Å². The van der Waals surface area contributed by atoms with Crippen LogP contribution in [0.3, 0.4) is 0 Å². The molecule has 0 aromatic heterocycles. The third-order valence-electron chi connectivity index (χ3n) is 3.86. The van der Waals surface area contributed by atoms with Gasteiger partial charge in [0, 0.05) is 0 Å². The normalized spacial score (nSPS) is 10.2. The molecule has 1 amide bonds. The number of amides is 1. The lowest BCUT2D eigenvalue weighted by Gasteiger charge is -2.14. The Morgan fingerprint density at radius 1 is 1.00 bits per heavy atom. The molecular formula is C21H26N4O5. The van der Waals surface area contributed by atoms with Crippen LogP contribution in [0.1, 0.15) is 11.1 Å². The Morgan fingerprint density at radius 3 is 1.90 bits per heavy atom. The van der Waals surface area contributed by atoms with E-state index in [2.05, 4.69) is 11.8 Å². The number of anilines is 1. The van der Waals surface area contributed by atoms with Crippen molar-refractivity contribution in [3.8, 4) is 29.1 Å². The number of carbonyl (C=O) groups is 1. The van der Waals surface area contributed by atoms with Crippen LogP contribution in [0.4, 0.5) is 5.69 Å². The first-order valence-electron chi connectivity index (χ1n) is 8.69. The summed E-state index contributed by atoms with van der Waals surface area (Å²) in [6.07, 6.45) is 1.73. The van der Waals surface area contributed by atoms with E-state index in [0.717, 1.165) is 5.56 Å². The Morgan fingerprint density at radius 2 is 1.53 bits per heavy atom. The lowest BCUT2D eigenvalue weighted by atomic mass is 10.0. The fourth-order valence-corrected chi connectivity index (χ4v) is 2.43. The fraction of sp³-hybridized carbons (Fsp3) is 0.238. The first kappa shape index (κ1) is 24.1. The minimum Gasteiger partial charge on any atom is -0.495 e. The summed E-state index contributed by atoms with van der Waals surface area (Å²) in [6.45, 7) is -0.0556. The Kier molecular flexibility index (Phi) is 9.52. The second kappa shape index (κ2) is 11.8. The molecular weight excluding hydrogens is 388 g/mol. The van der Waals surface area contributed by atoms with Crippen LogP contribution in [-0.4, -0.2) is 40.9 Å². The molecule has 2 rings (SSSR count). The SMILES string of the molecule is COc1ccc(C=C(C#N)c2cc(OC)c(OC)c(OC)c2)cc1N.NCC(N)=O. The van der Waals surface area contributed by atoms with Crippen LogP contribution < -0.4 is 36.1 Å². The molecule has 0 bridgehead atoms. The van der Waals surface area contributed by atoms with Gasteiger partial charge in [-0.2, -0.15) is 5.26 Å². The van der Waals surface area contributed by atoms with E-state index in [4.69, 9.17) is 30.4 Å². The van der Waals surface area contributed by atoms with E-state index in [-0.39, 0.29) is 6.54 Å². The molecule has 9 heteroatoms. The number of nitrogens with two attached hydrogens (primary N) is 3. The van der Waals surface area contributed by atoms with E-state index >= 15 is 0 Å². The van der Waals surface area contributed by atoms with Crippen LogP contribution in [0.15, 0.2) is 30.3 Å². The first-order chi connectivity index (χ1) is 14.3. The molecule has 0 atom stereocenters. The predicted molar refractivity (Wildman–Crippen MR) is 115 cm³/mol. The van der Waals surface area contributed by atoms with Gasteiger partial charge in [-0.1, -0.05) is 6.07 Å². The largest absolute Gasteiger partial charge is 0.495 e. The summed E-state index contributed by atoms with van der Waals surface area (Å²) in [5.41, 5.74) is 17.5. The molecule has 6 N–H and O–H groups in total. The summed E-state index contributed by atoms with van der Waals surface area (Å²) >= 11 is 0. The summed E-state index contributed by atoms with van der Waals surface area (Å²) in [4.78, 5) is 9.47. The number of hydrogen-bond donors (Lipinski definition) is 3. The number of hydrogen-bond acceptors (Lipinski definition) is 8. The molecule has 0 unspecified atom stereocenters. The van der Waals surface area contributed by atoms with Crippen molar-refractivity contribution < 1.29 is 23.7 Å². The van der Waals surface area contributed by atoms with Gasteiger partial charge in [0.1, 0.15) is 5.75 Å². The van der Waals surface area contributed by atoms with Crippen molar-refractivity contribution in [3.05, 3.63) is 41.5 Å². The summed E-state index contributed by atoms with van der Waals surface area (Å²) in [7, 11) is 6.14. The van der Waals surface area contributed by atoms with E-state index in [1.54, 1.807) is 37.5 Å². The highest BCUT2D eigenvalue weighted by atomic mass is 16.5. The number of nitrogen functional groups attached to an aromatic ring is 1. The van der Waals surface area contributed by atoms with Crippen molar-refractivity contribution in [2.24, 2.45) is 11.5 Å². The second-order valence-corrected chi connectivity index (χ2v) is 5.76. The summed E-state index contributed by atoms with van der Waals surface area (Å²) in [5, 5.41) is 9.58. The molecule has 0 aliphatic heterocycles. The van der Waals surface area contributed by atoms with Gasteiger partial charge in [-0.25, -0.2) is 0 Å². The van der Waals surface area contributed by atoms with Gasteiger partial charge in [-0.3, -0.25) is 4.79 Å². The topological polar surface area (TPSA) is 156 Å². The van der Waals surface area contributed by atoms with Gasteiger partial charge in [-0.05, 0) is 41.5 Å². The zero-order valence-corrected chi connectivity index (χ0v) is 17.4. The van der Waals surface area contributed by atoms with Crippen molar-refractivity contribution in [1.29, 1.82) is 5.26 Å². The van der Waals surface area contributed by atoms with Crippen LogP contribution in [0, 0.1) is 11.3 Å². The lowest BCUT2D eigenvalue weighted by Crippen LogP contribution is -2.21. The Hall–Kier alpha value is -3.90. The molecule has 9 nitrogen and oxygen atoms in total. The van der Waals surface area contributed by atoms with Gasteiger partial charge in [0.15, 0.2) is 11.5 Å². The fourth-order valence-electron chi connectivity index (χ4n) is 2.43. The summed E-state index contributed by atoms with van der Waals surface area (Å²) in [5.74, 6) is 1.55. The highest BCUT2D eigenvalue weighted by Gasteiger charge is 2.15. The number of primary amides is 1. The molecule has 0 fully saturated rings. The molecule has 0 radical (unpaired) electrons. The van der Waals surface area contributed by atoms with Gasteiger partial charge < -0.3 is 36.1 Å². The number of nitriles is 1. The predicted octanol–water partition coefficient (Wildman–Crippen LogP) is 1.80. The maximum absolute atomic E-state index is 9.58. The third-order valence-corrected chi connectivity index (χ3v) is 3.86. The average molecular weight is 414 g/mol. The summed E-state index contributed by atoms with van der Waals surface area (Å²) < 4.78 is 21.1. The number of benzene rings is 2. The van der Waals surface area contributed by atoms with Crippen LogP contribution in [-0.2, 0) is 4.79 Å². The molecule has 2 aromatic carbocycles. The van der Waals surface area contributed by atoms with E-state index in [9.17, 15) is 10.1 Å². The molecule has 0 spiro atoms. The number of carbonyl (C=O) groups excluding carboxylic acids is 1. The monoisotopic (exact) mass is 414 g/mol. The minimum absolute atomic E-state index is 0.0556. The summed E-state index contributed by atoms with van der Waals surface area (Å²) in [6, 6.07) is 11.0. The molecule has 0 aliphatic rings. The van der Waals surface area contributed by atoms with Gasteiger partial charge in [0.25, 0.3) is 0 Å². The zero-order chi connectivity index (χ0) is 22.7. The van der Waals surface area contributed by atoms with Gasteiger partial charge in [0.05, 0.1) is 52.3 Å². The number of ether oxygens (including phenoxy) is 4. The van der Waals surface area contributed by atoms with Crippen molar-refractivity contribution >= 4 is 23.2 Å². The van der Waals surface area contributed by atoms with E-state index in [0.29, 0.717) is 39.8 Å². The third kappa shape index (κ3) is 6.32. The molecule has 0 heterocycles. The lowest BCUT2D eigenvalue weighted by molar-refractivity contribution is -0.116. The van der Waals surface area contributed by atoms with Gasteiger partial charge in [0.2, 0.25) is 11.7 Å². The maximum Gasteiger partial charge on any atom is 0.231 e. The van der Waals surface area contributed by atoms with Crippen LogP contribution in [0.2, 0.25) is 0 Å². The quantitative estimate of drug-likeness (QED) is 0.352. The number of allylic oxidation sites excluding steroid dienone is 1. The number of rotatable bonds is 7. The van der Waals surface area contributed by atoms with E-state index in [1.807, 2.05) is 6.07 Å². The Labute approximate surface area is 175 Å². The van der Waals surface area contributed by atoms with Crippen LogP contribution >= 0.6 is 0 Å². The minimum atomic E-state index is -0.468. The van der Waals surface area contributed by atoms with E-state index in [1.165, 1.54) is 21.3 Å². The Bertz CT molecular complexity index is 926. The maximum atomic E-state index is 9.58. The van der Waals surface area contributed by atoms with Gasteiger partial charge in [-0.15, -0.1) is 0 Å². The number of nitrogens with zero attached hydrogens (tertiary/aromatic N) is 1. The molecule has 30 heavy (non-hydrogen) atoms. The zero-order valence-electron chi connectivity index (χ0n) is 17.4. The average Bonchev–Trinajstić information content (AvgIpc) is 2.76. The van der Waals surface area contributed by atoms with Crippen molar-refractivity contribution in [2.45, 2.75) is 0 Å². The molecule has 0 aliphatic carbocycles. The smallest absolute Gasteiger partial charge is 0.231 e. The molecule has 160 valence electrons. The highest BCUT2D eigenvalue weighted by molar-refractivity contribution is 5.91. The van der Waals surface area contributed by atoms with Gasteiger partial charge >= 0.3 is 0 Å². The van der Waals surface area contributed by atoms with Crippen LogP contribution in [0.5, 0.6) is 23.0 Å². The van der Waals surface area contributed by atoms with Crippen molar-refractivity contribution in [3.63, 3.8) is 0 Å². The van der Waals surface area contributed by atoms with Crippen molar-refractivity contribution in [2.75, 3.05) is 40.7 Å². The molecule has 2 aromatic rings. The van der Waals surface area contributed by atoms with Crippen molar-refractivity contribution in [1.82, 2.24) is 0 Å². The number of methoxy groups -OCH3 is 4. The highest BCUT2D eigenvalue weighted by Crippen LogP contribution is 2.40. The second-order valence-electron chi connectivity index (χ2n) is 5.76. The molecule has 0 saturated carbocycles.